The van der Waals surface area contributed by atoms with Crippen molar-refractivity contribution in [1.82, 2.24) is 4.57 Å². The van der Waals surface area contributed by atoms with Gasteiger partial charge in [0.1, 0.15) is 0 Å². The maximum Gasteiger partial charge on any atom is 0.231 e. The molecule has 0 spiro atoms. The molecule has 0 amide bonds. The number of rotatable bonds is 5. The first-order valence-electron chi connectivity index (χ1n) is 9.77. The zero-order chi connectivity index (χ0) is 20.7. The number of para-hydroxylation sites is 1. The summed E-state index contributed by atoms with van der Waals surface area (Å²) in [5.74, 6) is 0.859. The van der Waals surface area contributed by atoms with Crippen LogP contribution in [0.1, 0.15) is 17.0 Å². The van der Waals surface area contributed by atoms with E-state index in [0.29, 0.717) is 11.5 Å². The fraction of sp³-hybridized carbons (Fsp3) is 0.167. The number of nitro groups is 1. The Hall–Kier alpha value is -3.80. The number of aryl methyl sites for hydroxylation is 1. The molecule has 1 aromatic heterocycles. The molecule has 30 heavy (non-hydrogen) atoms. The lowest BCUT2D eigenvalue weighted by Crippen LogP contribution is -2.15. The van der Waals surface area contributed by atoms with Gasteiger partial charge in [-0.2, -0.15) is 0 Å². The summed E-state index contributed by atoms with van der Waals surface area (Å²) in [5, 5.41) is 12.7. The first-order chi connectivity index (χ1) is 14.6. The Labute approximate surface area is 173 Å². The Morgan fingerprint density at radius 1 is 1.00 bits per heavy atom. The molecule has 0 unspecified atom stereocenters. The van der Waals surface area contributed by atoms with E-state index in [1.54, 1.807) is 0 Å². The minimum absolute atomic E-state index is 0.169. The van der Waals surface area contributed by atoms with Gasteiger partial charge in [0.25, 0.3) is 0 Å². The van der Waals surface area contributed by atoms with Crippen LogP contribution in [0.4, 0.5) is 0 Å². The van der Waals surface area contributed by atoms with Crippen molar-refractivity contribution in [3.8, 4) is 22.8 Å². The number of hydrogen-bond acceptors (Lipinski definition) is 4. The quantitative estimate of drug-likeness (QED) is 0.350. The Morgan fingerprint density at radius 3 is 2.53 bits per heavy atom. The molecule has 0 bridgehead atoms. The second-order valence-corrected chi connectivity index (χ2v) is 7.39. The molecule has 1 aliphatic heterocycles. The summed E-state index contributed by atoms with van der Waals surface area (Å²) in [6, 6.07) is 23.7. The van der Waals surface area contributed by atoms with Gasteiger partial charge in [-0.1, -0.05) is 54.6 Å². The highest BCUT2D eigenvalue weighted by Crippen LogP contribution is 2.43. The first kappa shape index (κ1) is 18.2. The number of ether oxygens (including phenoxy) is 2. The van der Waals surface area contributed by atoms with E-state index in [2.05, 4.69) is 4.57 Å². The minimum Gasteiger partial charge on any atom is -0.454 e. The van der Waals surface area contributed by atoms with E-state index >= 15 is 0 Å². The van der Waals surface area contributed by atoms with Gasteiger partial charge >= 0.3 is 0 Å². The van der Waals surface area contributed by atoms with Gasteiger partial charge in [-0.15, -0.1) is 0 Å². The number of benzene rings is 3. The Morgan fingerprint density at radius 2 is 1.73 bits per heavy atom. The molecule has 5 rings (SSSR count). The lowest BCUT2D eigenvalue weighted by Gasteiger charge is -2.17. The highest BCUT2D eigenvalue weighted by molar-refractivity contribution is 5.93. The van der Waals surface area contributed by atoms with Crippen molar-refractivity contribution in [2.75, 3.05) is 13.3 Å². The second kappa shape index (κ2) is 7.22. The molecule has 1 atom stereocenters. The minimum atomic E-state index is -0.434. The van der Waals surface area contributed by atoms with E-state index in [0.717, 1.165) is 33.3 Å². The third-order valence-electron chi connectivity index (χ3n) is 5.67. The van der Waals surface area contributed by atoms with Gasteiger partial charge in [-0.3, -0.25) is 10.1 Å². The van der Waals surface area contributed by atoms with Gasteiger partial charge in [0.05, 0.1) is 11.6 Å². The smallest absolute Gasteiger partial charge is 0.231 e. The van der Waals surface area contributed by atoms with Crippen LogP contribution in [0.15, 0.2) is 72.8 Å². The third-order valence-corrected chi connectivity index (χ3v) is 5.67. The van der Waals surface area contributed by atoms with E-state index in [-0.39, 0.29) is 18.3 Å². The van der Waals surface area contributed by atoms with Crippen molar-refractivity contribution in [2.45, 2.75) is 5.92 Å². The Bertz CT molecular complexity index is 1250. The van der Waals surface area contributed by atoms with E-state index in [1.165, 1.54) is 0 Å². The maximum atomic E-state index is 11.7. The van der Waals surface area contributed by atoms with Gasteiger partial charge in [-0.05, 0) is 34.9 Å². The highest BCUT2D eigenvalue weighted by atomic mass is 16.7. The zero-order valence-electron chi connectivity index (χ0n) is 16.4. The van der Waals surface area contributed by atoms with Gasteiger partial charge in [0, 0.05) is 22.9 Å². The normalized spacial score (nSPS) is 13.5. The van der Waals surface area contributed by atoms with Crippen LogP contribution in [0.2, 0.25) is 0 Å². The summed E-state index contributed by atoms with van der Waals surface area (Å²) in [6.07, 6.45) is 0. The van der Waals surface area contributed by atoms with Crippen LogP contribution >= 0.6 is 0 Å². The molecule has 4 aromatic rings. The van der Waals surface area contributed by atoms with Crippen molar-refractivity contribution in [3.05, 3.63) is 94.0 Å². The molecule has 0 saturated heterocycles. The predicted molar refractivity (Wildman–Crippen MR) is 115 cm³/mol. The number of nitrogens with zero attached hydrogens (tertiary/aromatic N) is 2. The van der Waals surface area contributed by atoms with Gasteiger partial charge in [0.15, 0.2) is 11.5 Å². The maximum absolute atomic E-state index is 11.7. The fourth-order valence-electron chi connectivity index (χ4n) is 4.36. The standard InChI is InChI=1S/C24H20N2O4/c1-25-20-10-6-5-9-18(20)23(24(25)16-7-3-2-4-8-16)19(14-26(27)28)17-11-12-21-22(13-17)30-15-29-21/h2-13,19H,14-15H2,1H3/t19-/m1/s1. The predicted octanol–water partition coefficient (Wildman–Crippen LogP) is 4.98. The summed E-state index contributed by atoms with van der Waals surface area (Å²) in [7, 11) is 2.01. The molecule has 150 valence electrons. The van der Waals surface area contributed by atoms with E-state index in [9.17, 15) is 10.1 Å². The van der Waals surface area contributed by atoms with Crippen molar-refractivity contribution >= 4 is 10.9 Å². The van der Waals surface area contributed by atoms with E-state index in [4.69, 9.17) is 9.47 Å². The number of fused-ring (bicyclic) bond motifs is 2. The van der Waals surface area contributed by atoms with Gasteiger partial charge in [0.2, 0.25) is 13.3 Å². The average molecular weight is 400 g/mol. The van der Waals surface area contributed by atoms with Gasteiger partial charge < -0.3 is 14.0 Å². The molecular weight excluding hydrogens is 380 g/mol. The molecule has 0 fully saturated rings. The van der Waals surface area contributed by atoms with E-state index < -0.39 is 5.92 Å². The van der Waals surface area contributed by atoms with Crippen molar-refractivity contribution in [1.29, 1.82) is 0 Å². The lowest BCUT2D eigenvalue weighted by molar-refractivity contribution is -0.481. The number of hydrogen-bond donors (Lipinski definition) is 0. The molecular formula is C24H20N2O4. The average Bonchev–Trinajstić information content (AvgIpc) is 3.35. The summed E-state index contributed by atoms with van der Waals surface area (Å²) in [4.78, 5) is 11.5. The van der Waals surface area contributed by atoms with Crippen LogP contribution in [-0.4, -0.2) is 22.8 Å². The van der Waals surface area contributed by atoms with Crippen LogP contribution in [0.3, 0.4) is 0 Å². The molecule has 0 radical (unpaired) electrons. The summed E-state index contributed by atoms with van der Waals surface area (Å²) in [5.41, 5.74) is 4.85. The van der Waals surface area contributed by atoms with Crippen LogP contribution in [0.5, 0.6) is 11.5 Å². The van der Waals surface area contributed by atoms with Crippen LogP contribution in [0.25, 0.3) is 22.2 Å². The summed E-state index contributed by atoms with van der Waals surface area (Å²) < 4.78 is 13.1. The van der Waals surface area contributed by atoms with Crippen molar-refractivity contribution < 1.29 is 14.4 Å². The molecule has 3 aromatic carbocycles. The second-order valence-electron chi connectivity index (χ2n) is 7.39. The van der Waals surface area contributed by atoms with Crippen molar-refractivity contribution in [2.24, 2.45) is 7.05 Å². The monoisotopic (exact) mass is 400 g/mol. The topological polar surface area (TPSA) is 66.5 Å². The Kier molecular flexibility index (Phi) is 4.39. The van der Waals surface area contributed by atoms with E-state index in [1.807, 2.05) is 79.8 Å². The molecule has 6 nitrogen and oxygen atoms in total. The van der Waals surface area contributed by atoms with Crippen molar-refractivity contribution in [3.63, 3.8) is 0 Å². The Balaban J connectivity index is 1.79. The lowest BCUT2D eigenvalue weighted by atomic mass is 9.87. The first-order valence-corrected chi connectivity index (χ1v) is 9.77. The molecule has 6 heteroatoms. The van der Waals surface area contributed by atoms with Crippen LogP contribution in [-0.2, 0) is 7.05 Å². The molecule has 0 N–H and O–H groups in total. The molecule has 0 aliphatic carbocycles. The third kappa shape index (κ3) is 2.97. The fourth-order valence-corrected chi connectivity index (χ4v) is 4.36. The van der Waals surface area contributed by atoms with Crippen LogP contribution in [0, 0.1) is 10.1 Å². The zero-order valence-corrected chi connectivity index (χ0v) is 16.4. The van der Waals surface area contributed by atoms with Gasteiger partial charge in [-0.25, -0.2) is 0 Å². The molecule has 2 heterocycles. The summed E-state index contributed by atoms with van der Waals surface area (Å²) in [6.45, 7) is -0.0459. The SMILES string of the molecule is Cn1c(-c2ccccc2)c([C@H](C[N+](=O)[O-])c2ccc3c(c2)OCO3)c2ccccc21. The highest BCUT2D eigenvalue weighted by Gasteiger charge is 2.30. The van der Waals surface area contributed by atoms with Crippen LogP contribution < -0.4 is 9.47 Å². The molecule has 0 saturated carbocycles. The molecule has 1 aliphatic rings. The largest absolute Gasteiger partial charge is 0.454 e. The summed E-state index contributed by atoms with van der Waals surface area (Å²) >= 11 is 0. The number of aromatic nitrogens is 1.